The van der Waals surface area contributed by atoms with Crippen LogP contribution >= 0.6 is 15.9 Å². The molecular formula is C15H13BrFNO2S. The van der Waals surface area contributed by atoms with Crippen LogP contribution in [-0.4, -0.2) is 15.0 Å². The minimum atomic E-state index is -3.83. The highest BCUT2D eigenvalue weighted by atomic mass is 79.9. The quantitative estimate of drug-likeness (QED) is 0.899. The maximum absolute atomic E-state index is 13.8. The Bertz CT molecular complexity index is 792. The van der Waals surface area contributed by atoms with Gasteiger partial charge in [0.05, 0.1) is 0 Å². The van der Waals surface area contributed by atoms with Crippen LogP contribution in [0.3, 0.4) is 0 Å². The van der Waals surface area contributed by atoms with Crippen molar-refractivity contribution in [1.82, 2.24) is 4.72 Å². The second-order valence-corrected chi connectivity index (χ2v) is 7.68. The van der Waals surface area contributed by atoms with Gasteiger partial charge < -0.3 is 0 Å². The number of hydrogen-bond acceptors (Lipinski definition) is 2. The van der Waals surface area contributed by atoms with E-state index in [0.717, 1.165) is 18.1 Å². The van der Waals surface area contributed by atoms with E-state index in [1.165, 1.54) is 17.7 Å². The van der Waals surface area contributed by atoms with Gasteiger partial charge >= 0.3 is 0 Å². The van der Waals surface area contributed by atoms with Gasteiger partial charge in [-0.15, -0.1) is 0 Å². The lowest BCUT2D eigenvalue weighted by molar-refractivity contribution is 0.538. The molecule has 3 nitrogen and oxygen atoms in total. The third kappa shape index (κ3) is 2.88. The average Bonchev–Trinajstić information content (AvgIpc) is 2.39. The van der Waals surface area contributed by atoms with Crippen molar-refractivity contribution in [1.29, 1.82) is 0 Å². The van der Waals surface area contributed by atoms with Crippen LogP contribution in [-0.2, 0) is 16.4 Å². The molecule has 0 fully saturated rings. The van der Waals surface area contributed by atoms with Gasteiger partial charge in [-0.1, -0.05) is 40.2 Å². The summed E-state index contributed by atoms with van der Waals surface area (Å²) in [4.78, 5) is -0.321. The van der Waals surface area contributed by atoms with E-state index >= 15 is 0 Å². The predicted octanol–water partition coefficient (Wildman–Crippen LogP) is 3.21. The van der Waals surface area contributed by atoms with Gasteiger partial charge in [-0.3, -0.25) is 0 Å². The largest absolute Gasteiger partial charge is 0.243 e. The van der Waals surface area contributed by atoms with Gasteiger partial charge in [0.1, 0.15) is 10.7 Å². The molecule has 6 heteroatoms. The predicted molar refractivity (Wildman–Crippen MR) is 82.2 cm³/mol. The topological polar surface area (TPSA) is 46.2 Å². The summed E-state index contributed by atoms with van der Waals surface area (Å²) in [5, 5.41) is 0. The lowest BCUT2D eigenvalue weighted by Crippen LogP contribution is -2.33. The van der Waals surface area contributed by atoms with Crippen LogP contribution in [0.1, 0.15) is 17.0 Å². The van der Waals surface area contributed by atoms with Crippen LogP contribution in [0.4, 0.5) is 4.39 Å². The number of rotatable bonds is 4. The lowest BCUT2D eigenvalue weighted by Gasteiger charge is -2.30. The molecule has 0 aromatic heterocycles. The number of halogens is 2. The fraction of sp³-hybridized carbons (Fsp3) is 0.200. The summed E-state index contributed by atoms with van der Waals surface area (Å²) in [7, 11) is -3.83. The van der Waals surface area contributed by atoms with Crippen LogP contribution in [0.15, 0.2) is 51.8 Å². The zero-order chi connectivity index (χ0) is 15.0. The SMILES string of the molecule is O=S(=O)(NCC1Cc2ccccc21)c1ccc(Br)cc1F. The van der Waals surface area contributed by atoms with E-state index in [4.69, 9.17) is 0 Å². The Labute approximate surface area is 131 Å². The summed E-state index contributed by atoms with van der Waals surface area (Å²) in [6.45, 7) is 0.287. The molecule has 110 valence electrons. The molecule has 0 heterocycles. The van der Waals surface area contributed by atoms with Crippen LogP contribution in [0.5, 0.6) is 0 Å². The molecule has 2 aromatic carbocycles. The fourth-order valence-corrected chi connectivity index (χ4v) is 4.00. The molecule has 0 saturated heterocycles. The van der Waals surface area contributed by atoms with Crippen molar-refractivity contribution in [2.75, 3.05) is 6.54 Å². The van der Waals surface area contributed by atoms with Gasteiger partial charge in [-0.05, 0) is 35.7 Å². The van der Waals surface area contributed by atoms with Gasteiger partial charge in [0.25, 0.3) is 0 Å². The maximum atomic E-state index is 13.8. The Balaban J connectivity index is 1.73. The lowest BCUT2D eigenvalue weighted by atomic mass is 9.78. The van der Waals surface area contributed by atoms with E-state index < -0.39 is 15.8 Å². The highest BCUT2D eigenvalue weighted by molar-refractivity contribution is 9.10. The van der Waals surface area contributed by atoms with Crippen LogP contribution in [0, 0.1) is 5.82 Å². The Morgan fingerprint density at radius 2 is 2.00 bits per heavy atom. The monoisotopic (exact) mass is 369 g/mol. The first-order valence-corrected chi connectivity index (χ1v) is 8.77. The molecule has 1 atom stereocenters. The maximum Gasteiger partial charge on any atom is 0.243 e. The molecule has 0 bridgehead atoms. The van der Waals surface area contributed by atoms with Crippen molar-refractivity contribution in [2.45, 2.75) is 17.2 Å². The highest BCUT2D eigenvalue weighted by Crippen LogP contribution is 2.34. The Hall–Kier alpha value is -1.24. The van der Waals surface area contributed by atoms with Gasteiger partial charge in [0.15, 0.2) is 0 Å². The molecule has 1 N–H and O–H groups in total. The fourth-order valence-electron chi connectivity index (χ4n) is 2.53. The van der Waals surface area contributed by atoms with Crippen molar-refractivity contribution in [2.24, 2.45) is 0 Å². The first-order valence-electron chi connectivity index (χ1n) is 6.50. The molecule has 0 spiro atoms. The van der Waals surface area contributed by atoms with Crippen molar-refractivity contribution < 1.29 is 12.8 Å². The number of fused-ring (bicyclic) bond motifs is 1. The van der Waals surface area contributed by atoms with Gasteiger partial charge in [-0.2, -0.15) is 0 Å². The number of sulfonamides is 1. The Morgan fingerprint density at radius 3 is 2.71 bits per heavy atom. The van der Waals surface area contributed by atoms with E-state index in [2.05, 4.69) is 20.7 Å². The van der Waals surface area contributed by atoms with E-state index in [0.29, 0.717) is 4.47 Å². The molecule has 0 aliphatic heterocycles. The molecule has 0 amide bonds. The third-order valence-corrected chi connectivity index (χ3v) is 5.61. The standard InChI is InChI=1S/C15H13BrFNO2S/c16-12-5-6-15(14(17)8-12)21(19,20)18-9-11-7-10-3-1-2-4-13(10)11/h1-6,8,11,18H,7,9H2. The average molecular weight is 370 g/mol. The third-order valence-electron chi connectivity index (χ3n) is 3.66. The summed E-state index contributed by atoms with van der Waals surface area (Å²) in [6, 6.07) is 11.9. The summed E-state index contributed by atoms with van der Waals surface area (Å²) in [5.41, 5.74) is 2.41. The van der Waals surface area contributed by atoms with E-state index in [1.807, 2.05) is 24.3 Å². The zero-order valence-electron chi connectivity index (χ0n) is 11.0. The molecule has 2 aromatic rings. The van der Waals surface area contributed by atoms with Crippen molar-refractivity contribution >= 4 is 26.0 Å². The molecule has 3 rings (SSSR count). The highest BCUT2D eigenvalue weighted by Gasteiger charge is 2.27. The number of nitrogens with one attached hydrogen (secondary N) is 1. The summed E-state index contributed by atoms with van der Waals surface area (Å²) < 4.78 is 41.1. The molecule has 0 saturated carbocycles. The van der Waals surface area contributed by atoms with Crippen LogP contribution in [0.2, 0.25) is 0 Å². The Kier molecular flexibility index (Phi) is 3.86. The first kappa shape index (κ1) is 14.7. The normalized spacial score (nSPS) is 17.1. The van der Waals surface area contributed by atoms with Crippen molar-refractivity contribution in [3.8, 4) is 0 Å². The number of hydrogen-bond donors (Lipinski definition) is 1. The summed E-state index contributed by atoms with van der Waals surface area (Å²) in [5.74, 6) is -0.597. The summed E-state index contributed by atoms with van der Waals surface area (Å²) in [6.07, 6.45) is 0.849. The molecule has 0 radical (unpaired) electrons. The van der Waals surface area contributed by atoms with Crippen molar-refractivity contribution in [3.05, 3.63) is 63.9 Å². The molecule has 21 heavy (non-hydrogen) atoms. The van der Waals surface area contributed by atoms with Gasteiger partial charge in [0, 0.05) is 16.9 Å². The van der Waals surface area contributed by atoms with Crippen molar-refractivity contribution in [3.63, 3.8) is 0 Å². The van der Waals surface area contributed by atoms with Crippen LogP contribution < -0.4 is 4.72 Å². The van der Waals surface area contributed by atoms with E-state index in [-0.39, 0.29) is 17.4 Å². The zero-order valence-corrected chi connectivity index (χ0v) is 13.4. The van der Waals surface area contributed by atoms with Gasteiger partial charge in [0.2, 0.25) is 10.0 Å². The molecule has 1 aliphatic rings. The smallest absolute Gasteiger partial charge is 0.210 e. The molecule has 1 unspecified atom stereocenters. The molecular weight excluding hydrogens is 357 g/mol. The first-order chi connectivity index (χ1) is 9.97. The van der Waals surface area contributed by atoms with Gasteiger partial charge in [-0.25, -0.2) is 17.5 Å². The minimum absolute atomic E-state index is 0.162. The summed E-state index contributed by atoms with van der Waals surface area (Å²) >= 11 is 3.11. The number of benzene rings is 2. The Morgan fingerprint density at radius 1 is 1.24 bits per heavy atom. The second kappa shape index (κ2) is 5.51. The molecule has 1 aliphatic carbocycles. The van der Waals surface area contributed by atoms with E-state index in [9.17, 15) is 12.8 Å². The minimum Gasteiger partial charge on any atom is -0.210 e. The van der Waals surface area contributed by atoms with Crippen LogP contribution in [0.25, 0.3) is 0 Å². The van der Waals surface area contributed by atoms with E-state index in [1.54, 1.807) is 0 Å². The second-order valence-electron chi connectivity index (χ2n) is 5.03.